The molecule has 29 heavy (non-hydrogen) atoms. The van der Waals surface area contributed by atoms with Crippen molar-refractivity contribution in [2.24, 2.45) is 0 Å². The summed E-state index contributed by atoms with van der Waals surface area (Å²) in [6.07, 6.45) is 2.25. The molecular weight excluding hydrogens is 368 g/mol. The number of fused-ring (bicyclic) bond motifs is 1. The largest absolute Gasteiger partial charge is 0.477 e. The number of ether oxygens (including phenoxy) is 1. The molecule has 0 fully saturated rings. The molecule has 0 spiro atoms. The van der Waals surface area contributed by atoms with Gasteiger partial charge in [0.1, 0.15) is 12.0 Å². The zero-order valence-corrected chi connectivity index (χ0v) is 16.1. The molecule has 4 rings (SSSR count). The van der Waals surface area contributed by atoms with E-state index in [1.165, 1.54) is 23.6 Å². The average Bonchev–Trinajstić information content (AvgIpc) is 3.03. The number of hydrogen-bond acceptors (Lipinski definition) is 5. The normalized spacial score (nSPS) is 15.1. The van der Waals surface area contributed by atoms with Gasteiger partial charge < -0.3 is 19.4 Å². The molecule has 1 amide bonds. The van der Waals surface area contributed by atoms with Gasteiger partial charge in [-0.2, -0.15) is 0 Å². The quantitative estimate of drug-likeness (QED) is 0.696. The molecule has 2 aromatic carbocycles. The summed E-state index contributed by atoms with van der Waals surface area (Å²) in [7, 11) is 0. The van der Waals surface area contributed by atoms with Gasteiger partial charge >= 0.3 is 0 Å². The fourth-order valence-corrected chi connectivity index (χ4v) is 3.53. The van der Waals surface area contributed by atoms with E-state index in [0.717, 1.165) is 6.42 Å². The van der Waals surface area contributed by atoms with Crippen LogP contribution in [0.25, 0.3) is 0 Å². The standard InChI is InChI=1S/C23H22N2O4/c1-16-11-17-7-5-6-10-20(17)25(16)13-19-12-21(26)22(14-28-19)29-15-23(27)24-18-8-3-2-4-9-18/h2-10,12,14,16H,11,13,15H2,1H3,(H,24,27)/t16-/m1/s1. The van der Waals surface area contributed by atoms with Gasteiger partial charge in [0.15, 0.2) is 6.61 Å². The van der Waals surface area contributed by atoms with Crippen molar-refractivity contribution in [2.75, 3.05) is 16.8 Å². The molecular formula is C23H22N2O4. The second kappa shape index (κ2) is 8.22. The van der Waals surface area contributed by atoms with E-state index in [1.807, 2.05) is 30.3 Å². The molecule has 1 aliphatic rings. The van der Waals surface area contributed by atoms with Gasteiger partial charge in [0, 0.05) is 23.5 Å². The third kappa shape index (κ3) is 4.32. The maximum atomic E-state index is 12.4. The number of nitrogens with one attached hydrogen (secondary N) is 1. The van der Waals surface area contributed by atoms with Crippen LogP contribution in [0.4, 0.5) is 11.4 Å². The number of para-hydroxylation sites is 2. The van der Waals surface area contributed by atoms with Crippen LogP contribution in [0, 0.1) is 0 Å². The van der Waals surface area contributed by atoms with Crippen molar-refractivity contribution in [3.63, 3.8) is 0 Å². The number of hydrogen-bond donors (Lipinski definition) is 1. The first-order chi connectivity index (χ1) is 14.1. The SMILES string of the molecule is C[C@@H]1Cc2ccccc2N1Cc1cc(=O)c(OCC(=O)Nc2ccccc2)co1. The number of nitrogens with zero attached hydrogens (tertiary/aromatic N) is 1. The summed E-state index contributed by atoms with van der Waals surface area (Å²) < 4.78 is 11.0. The van der Waals surface area contributed by atoms with Gasteiger partial charge in [-0.05, 0) is 37.1 Å². The average molecular weight is 390 g/mol. The van der Waals surface area contributed by atoms with Crippen molar-refractivity contribution in [2.45, 2.75) is 25.9 Å². The number of benzene rings is 2. The highest BCUT2D eigenvalue weighted by atomic mass is 16.5. The van der Waals surface area contributed by atoms with Crippen LogP contribution in [0.2, 0.25) is 0 Å². The second-order valence-corrected chi connectivity index (χ2v) is 7.09. The minimum absolute atomic E-state index is 0.0202. The molecule has 3 aromatic rings. The van der Waals surface area contributed by atoms with E-state index in [-0.39, 0.29) is 23.7 Å². The molecule has 1 N–H and O–H groups in total. The third-order valence-electron chi connectivity index (χ3n) is 4.94. The molecule has 0 saturated heterocycles. The predicted molar refractivity (Wildman–Crippen MR) is 111 cm³/mol. The fourth-order valence-electron chi connectivity index (χ4n) is 3.53. The van der Waals surface area contributed by atoms with Crippen molar-refractivity contribution in [1.29, 1.82) is 0 Å². The first-order valence-electron chi connectivity index (χ1n) is 9.54. The lowest BCUT2D eigenvalue weighted by Crippen LogP contribution is -2.29. The van der Waals surface area contributed by atoms with Gasteiger partial charge in [0.05, 0.1) is 6.54 Å². The van der Waals surface area contributed by atoms with Gasteiger partial charge in [0.2, 0.25) is 11.2 Å². The Morgan fingerprint density at radius 2 is 1.93 bits per heavy atom. The van der Waals surface area contributed by atoms with Crippen molar-refractivity contribution < 1.29 is 13.9 Å². The van der Waals surface area contributed by atoms with Crippen LogP contribution >= 0.6 is 0 Å². The summed E-state index contributed by atoms with van der Waals surface area (Å²) in [5, 5.41) is 2.70. The molecule has 0 saturated carbocycles. The number of amides is 1. The molecule has 1 aliphatic heterocycles. The first kappa shape index (κ1) is 18.8. The molecule has 148 valence electrons. The van der Waals surface area contributed by atoms with E-state index in [0.29, 0.717) is 24.0 Å². The molecule has 1 aromatic heterocycles. The Bertz CT molecular complexity index is 1060. The molecule has 0 radical (unpaired) electrons. The van der Waals surface area contributed by atoms with Crippen molar-refractivity contribution in [3.05, 3.63) is 88.5 Å². The van der Waals surface area contributed by atoms with Crippen LogP contribution in [0.3, 0.4) is 0 Å². The van der Waals surface area contributed by atoms with Crippen LogP contribution < -0.4 is 20.4 Å². The van der Waals surface area contributed by atoms with Crippen LogP contribution in [-0.4, -0.2) is 18.6 Å². The monoisotopic (exact) mass is 390 g/mol. The van der Waals surface area contributed by atoms with Gasteiger partial charge in [0.25, 0.3) is 5.91 Å². The Morgan fingerprint density at radius 1 is 1.17 bits per heavy atom. The highest BCUT2D eigenvalue weighted by Crippen LogP contribution is 2.32. The van der Waals surface area contributed by atoms with Gasteiger partial charge in [-0.15, -0.1) is 0 Å². The lowest BCUT2D eigenvalue weighted by atomic mass is 10.1. The van der Waals surface area contributed by atoms with Crippen LogP contribution in [0.5, 0.6) is 5.75 Å². The first-order valence-corrected chi connectivity index (χ1v) is 9.54. The molecule has 2 heterocycles. The zero-order chi connectivity index (χ0) is 20.2. The molecule has 6 heteroatoms. The highest BCUT2D eigenvalue weighted by molar-refractivity contribution is 5.91. The summed E-state index contributed by atoms with van der Waals surface area (Å²) in [5.74, 6) is 0.230. The summed E-state index contributed by atoms with van der Waals surface area (Å²) >= 11 is 0. The maximum absolute atomic E-state index is 12.4. The number of carbonyl (C=O) groups excluding carboxylic acids is 1. The topological polar surface area (TPSA) is 71.8 Å². The summed E-state index contributed by atoms with van der Waals surface area (Å²) in [4.78, 5) is 26.6. The second-order valence-electron chi connectivity index (χ2n) is 7.09. The lowest BCUT2D eigenvalue weighted by molar-refractivity contribution is -0.118. The number of rotatable bonds is 6. The van der Waals surface area contributed by atoms with Crippen molar-refractivity contribution in [3.8, 4) is 5.75 Å². The van der Waals surface area contributed by atoms with E-state index < -0.39 is 0 Å². The number of carbonyl (C=O) groups is 1. The summed E-state index contributed by atoms with van der Waals surface area (Å²) in [6, 6.07) is 19.1. The molecule has 1 atom stereocenters. The lowest BCUT2D eigenvalue weighted by Gasteiger charge is -2.24. The van der Waals surface area contributed by atoms with E-state index in [4.69, 9.17) is 9.15 Å². The van der Waals surface area contributed by atoms with Crippen molar-refractivity contribution >= 4 is 17.3 Å². The van der Waals surface area contributed by atoms with Crippen LogP contribution in [0.1, 0.15) is 18.2 Å². The molecule has 6 nitrogen and oxygen atoms in total. The Kier molecular flexibility index (Phi) is 5.33. The molecule has 0 unspecified atom stereocenters. The Morgan fingerprint density at radius 3 is 2.72 bits per heavy atom. The summed E-state index contributed by atoms with van der Waals surface area (Å²) in [5.41, 5.74) is 2.83. The van der Waals surface area contributed by atoms with Gasteiger partial charge in [-0.25, -0.2) is 0 Å². The molecule has 0 bridgehead atoms. The van der Waals surface area contributed by atoms with E-state index >= 15 is 0 Å². The minimum Gasteiger partial charge on any atom is -0.477 e. The predicted octanol–water partition coefficient (Wildman–Crippen LogP) is 3.61. The van der Waals surface area contributed by atoms with Crippen LogP contribution in [0.15, 0.2) is 76.1 Å². The Labute approximate surface area is 168 Å². The fraction of sp³-hybridized carbons (Fsp3) is 0.217. The van der Waals surface area contributed by atoms with Crippen molar-refractivity contribution in [1.82, 2.24) is 0 Å². The van der Waals surface area contributed by atoms with E-state index in [9.17, 15) is 9.59 Å². The van der Waals surface area contributed by atoms with E-state index in [2.05, 4.69) is 29.3 Å². The van der Waals surface area contributed by atoms with Crippen LogP contribution in [-0.2, 0) is 17.8 Å². The minimum atomic E-state index is -0.345. The smallest absolute Gasteiger partial charge is 0.262 e. The third-order valence-corrected chi connectivity index (χ3v) is 4.94. The van der Waals surface area contributed by atoms with Gasteiger partial charge in [-0.3, -0.25) is 9.59 Å². The maximum Gasteiger partial charge on any atom is 0.262 e. The van der Waals surface area contributed by atoms with E-state index in [1.54, 1.807) is 12.1 Å². The Balaban J connectivity index is 1.38. The van der Waals surface area contributed by atoms with Gasteiger partial charge in [-0.1, -0.05) is 36.4 Å². The zero-order valence-electron chi connectivity index (χ0n) is 16.1. The Hall–Kier alpha value is -3.54. The highest BCUT2D eigenvalue weighted by Gasteiger charge is 2.26. The number of anilines is 2. The molecule has 0 aliphatic carbocycles. The summed E-state index contributed by atoms with van der Waals surface area (Å²) in [6.45, 7) is 2.39.